The van der Waals surface area contributed by atoms with Gasteiger partial charge in [0.2, 0.25) is 5.88 Å². The SMILES string of the molecule is Cc1cc(F)cc(N(C(=O)OC(C)(C)C)c2cc(O[C@H]3C[C@H](O)CN(C(=O)O)C3)nc3c(C4CCC4)cnn23)c1. The van der Waals surface area contributed by atoms with Crippen molar-refractivity contribution in [1.82, 2.24) is 19.5 Å². The van der Waals surface area contributed by atoms with Crippen LogP contribution in [0.4, 0.5) is 25.5 Å². The minimum absolute atomic E-state index is 0.00724. The monoisotopic (exact) mass is 555 g/mol. The van der Waals surface area contributed by atoms with Crippen LogP contribution in [0.2, 0.25) is 0 Å². The molecule has 1 aliphatic carbocycles. The van der Waals surface area contributed by atoms with Gasteiger partial charge >= 0.3 is 12.2 Å². The van der Waals surface area contributed by atoms with Crippen molar-refractivity contribution in [3.63, 3.8) is 0 Å². The molecule has 5 rings (SSSR count). The number of piperidine rings is 1. The van der Waals surface area contributed by atoms with Crippen molar-refractivity contribution in [1.29, 1.82) is 0 Å². The number of aromatic nitrogens is 3. The highest BCUT2D eigenvalue weighted by atomic mass is 19.1. The largest absolute Gasteiger partial charge is 0.472 e. The van der Waals surface area contributed by atoms with Crippen LogP contribution in [0.25, 0.3) is 5.65 Å². The van der Waals surface area contributed by atoms with Gasteiger partial charge in [-0.1, -0.05) is 6.42 Å². The van der Waals surface area contributed by atoms with Crippen LogP contribution in [0.1, 0.15) is 63.5 Å². The molecule has 2 atom stereocenters. The first-order chi connectivity index (χ1) is 18.9. The summed E-state index contributed by atoms with van der Waals surface area (Å²) in [5.41, 5.74) is 1.36. The third-order valence-corrected chi connectivity index (χ3v) is 7.04. The lowest BCUT2D eigenvalue weighted by atomic mass is 9.81. The van der Waals surface area contributed by atoms with Gasteiger partial charge in [0.1, 0.15) is 17.5 Å². The molecule has 0 spiro atoms. The van der Waals surface area contributed by atoms with Gasteiger partial charge in [0.25, 0.3) is 0 Å². The predicted octanol–water partition coefficient (Wildman–Crippen LogP) is 5.01. The Hall–Kier alpha value is -3.93. The van der Waals surface area contributed by atoms with Gasteiger partial charge in [-0.2, -0.15) is 14.6 Å². The highest BCUT2D eigenvalue weighted by molar-refractivity contribution is 5.96. The van der Waals surface area contributed by atoms with Crippen molar-refractivity contribution in [3.05, 3.63) is 47.4 Å². The van der Waals surface area contributed by atoms with Crippen LogP contribution in [0.15, 0.2) is 30.5 Å². The Morgan fingerprint density at radius 1 is 1.15 bits per heavy atom. The predicted molar refractivity (Wildman–Crippen MR) is 144 cm³/mol. The average Bonchev–Trinajstić information content (AvgIpc) is 3.19. The molecule has 1 saturated heterocycles. The Kier molecular flexibility index (Phi) is 7.30. The smallest absolute Gasteiger partial charge is 0.420 e. The number of rotatable bonds is 5. The summed E-state index contributed by atoms with van der Waals surface area (Å²) >= 11 is 0. The van der Waals surface area contributed by atoms with E-state index in [2.05, 4.69) is 5.10 Å². The molecule has 0 radical (unpaired) electrons. The molecule has 3 aromatic rings. The third-order valence-electron chi connectivity index (χ3n) is 7.04. The van der Waals surface area contributed by atoms with Crippen LogP contribution in [0.5, 0.6) is 5.88 Å². The van der Waals surface area contributed by atoms with E-state index in [1.54, 1.807) is 40.0 Å². The molecule has 2 aromatic heterocycles. The number of benzene rings is 1. The zero-order valence-electron chi connectivity index (χ0n) is 23.0. The minimum atomic E-state index is -1.16. The second-order valence-corrected chi connectivity index (χ2v) is 11.5. The maximum atomic E-state index is 14.6. The molecule has 12 heteroatoms. The number of likely N-dealkylation sites (tertiary alicyclic amines) is 1. The molecule has 0 bridgehead atoms. The van der Waals surface area contributed by atoms with E-state index in [9.17, 15) is 24.2 Å². The quantitative estimate of drug-likeness (QED) is 0.450. The Morgan fingerprint density at radius 2 is 1.90 bits per heavy atom. The highest BCUT2D eigenvalue weighted by Crippen LogP contribution is 2.40. The van der Waals surface area contributed by atoms with Gasteiger partial charge in [-0.3, -0.25) is 0 Å². The molecule has 2 amide bonds. The van der Waals surface area contributed by atoms with Crippen molar-refractivity contribution >= 4 is 29.3 Å². The maximum absolute atomic E-state index is 14.6. The second kappa shape index (κ2) is 10.6. The first-order valence-corrected chi connectivity index (χ1v) is 13.4. The fraction of sp³-hybridized carbons (Fsp3) is 0.500. The van der Waals surface area contributed by atoms with E-state index in [4.69, 9.17) is 14.5 Å². The Balaban J connectivity index is 1.64. The second-order valence-electron chi connectivity index (χ2n) is 11.5. The molecular formula is C28H34FN5O6. The standard InChI is InChI=1S/C28H34FN5O6/c1-16-8-18(29)10-19(9-16)33(27(38)40-28(2,3)4)24-12-23(39-21-11-20(35)14-32(15-21)26(36)37)31-25-22(13-30-34(24)25)17-6-5-7-17/h8-10,12-13,17,20-21,35H,5-7,11,14-15H2,1-4H3,(H,36,37)/t20-,21-/m0/s1. The number of hydrogen-bond acceptors (Lipinski definition) is 7. The van der Waals surface area contributed by atoms with Gasteiger partial charge in [-0.15, -0.1) is 0 Å². The van der Waals surface area contributed by atoms with Gasteiger partial charge in [0.15, 0.2) is 11.5 Å². The van der Waals surface area contributed by atoms with E-state index < -0.39 is 35.8 Å². The van der Waals surface area contributed by atoms with Crippen molar-refractivity contribution in [2.24, 2.45) is 0 Å². The number of fused-ring (bicyclic) bond motifs is 1. The molecule has 2 fully saturated rings. The number of nitrogens with zero attached hydrogens (tertiary/aromatic N) is 5. The van der Waals surface area contributed by atoms with Crippen molar-refractivity contribution in [2.75, 3.05) is 18.0 Å². The topological polar surface area (TPSA) is 130 Å². The van der Waals surface area contributed by atoms with E-state index in [0.29, 0.717) is 11.2 Å². The summed E-state index contributed by atoms with van der Waals surface area (Å²) in [5.74, 6) is 0.0652. The number of ether oxygens (including phenoxy) is 2. The number of aliphatic hydroxyl groups is 1. The van der Waals surface area contributed by atoms with Crippen LogP contribution >= 0.6 is 0 Å². The molecule has 2 N–H and O–H groups in total. The summed E-state index contributed by atoms with van der Waals surface area (Å²) in [6.45, 7) is 6.97. The maximum Gasteiger partial charge on any atom is 0.420 e. The number of halogens is 1. The number of carboxylic acid groups (broad SMARTS) is 1. The number of anilines is 2. The van der Waals surface area contributed by atoms with Crippen molar-refractivity contribution in [2.45, 2.75) is 77.1 Å². The van der Waals surface area contributed by atoms with Gasteiger partial charge < -0.3 is 24.6 Å². The van der Waals surface area contributed by atoms with E-state index in [0.717, 1.165) is 29.7 Å². The van der Waals surface area contributed by atoms with Gasteiger partial charge in [0, 0.05) is 18.1 Å². The number of hydrogen-bond donors (Lipinski definition) is 2. The summed E-state index contributed by atoms with van der Waals surface area (Å²) in [5, 5.41) is 24.3. The lowest BCUT2D eigenvalue weighted by molar-refractivity contribution is 0.00609. The highest BCUT2D eigenvalue weighted by Gasteiger charge is 2.33. The summed E-state index contributed by atoms with van der Waals surface area (Å²) in [6, 6.07) is 5.76. The van der Waals surface area contributed by atoms with E-state index in [-0.39, 0.29) is 42.8 Å². The van der Waals surface area contributed by atoms with Crippen molar-refractivity contribution in [3.8, 4) is 5.88 Å². The van der Waals surface area contributed by atoms with Crippen molar-refractivity contribution < 1.29 is 33.7 Å². The number of carbonyl (C=O) groups is 2. The zero-order valence-corrected chi connectivity index (χ0v) is 23.0. The van der Waals surface area contributed by atoms with Gasteiger partial charge in [-0.25, -0.2) is 18.9 Å². The van der Waals surface area contributed by atoms with Gasteiger partial charge in [0.05, 0.1) is 31.1 Å². The van der Waals surface area contributed by atoms with Crippen LogP contribution in [-0.4, -0.2) is 72.8 Å². The van der Waals surface area contributed by atoms with E-state index >= 15 is 0 Å². The van der Waals surface area contributed by atoms with Crippen LogP contribution in [0, 0.1) is 12.7 Å². The summed E-state index contributed by atoms with van der Waals surface area (Å²) in [7, 11) is 0. The molecule has 2 aliphatic rings. The summed E-state index contributed by atoms with van der Waals surface area (Å²) < 4.78 is 28.0. The molecular weight excluding hydrogens is 521 g/mol. The van der Waals surface area contributed by atoms with E-state index in [1.807, 2.05) is 0 Å². The molecule has 11 nitrogen and oxygen atoms in total. The fourth-order valence-electron chi connectivity index (χ4n) is 5.09. The minimum Gasteiger partial charge on any atom is -0.472 e. The third kappa shape index (κ3) is 5.81. The number of carbonyl (C=O) groups excluding carboxylic acids is 1. The lowest BCUT2D eigenvalue weighted by Gasteiger charge is -2.34. The summed E-state index contributed by atoms with van der Waals surface area (Å²) in [6.07, 6.45) is 1.49. The van der Waals surface area contributed by atoms with Crippen LogP contribution < -0.4 is 9.64 Å². The molecule has 1 saturated carbocycles. The van der Waals surface area contributed by atoms with Crippen LogP contribution in [0.3, 0.4) is 0 Å². The number of β-amino-alcohol motifs (C(OH)–C–C–N with tert-alkyl or cyclic N) is 1. The lowest BCUT2D eigenvalue weighted by Crippen LogP contribution is -2.49. The van der Waals surface area contributed by atoms with E-state index in [1.165, 1.54) is 27.6 Å². The molecule has 40 heavy (non-hydrogen) atoms. The first-order valence-electron chi connectivity index (χ1n) is 13.4. The number of amides is 2. The van der Waals surface area contributed by atoms with Gasteiger partial charge in [-0.05, 0) is 70.2 Å². The summed E-state index contributed by atoms with van der Waals surface area (Å²) in [4.78, 5) is 32.3. The molecule has 1 aromatic carbocycles. The number of aliphatic hydroxyl groups excluding tert-OH is 1. The Morgan fingerprint density at radius 3 is 2.52 bits per heavy atom. The average molecular weight is 556 g/mol. The number of aryl methyl sites for hydroxylation is 1. The Bertz CT molecular complexity index is 1410. The molecule has 1 aliphatic heterocycles. The van der Waals surface area contributed by atoms with Crippen LogP contribution in [-0.2, 0) is 4.74 Å². The Labute approximate surface area is 231 Å². The molecule has 3 heterocycles. The zero-order chi connectivity index (χ0) is 28.8. The molecule has 214 valence electrons. The first kappa shape index (κ1) is 27.6. The molecule has 0 unspecified atom stereocenters. The fourth-order valence-corrected chi connectivity index (χ4v) is 5.09. The normalized spacial score (nSPS) is 19.8.